The normalized spacial score (nSPS) is 18.7. The Morgan fingerprint density at radius 3 is 2.17 bits per heavy atom. The number of hydrazone groups is 1. The van der Waals surface area contributed by atoms with Crippen LogP contribution in [0.4, 0.5) is 0 Å². The Morgan fingerprint density at radius 1 is 0.854 bits per heavy atom. The lowest BCUT2D eigenvalue weighted by molar-refractivity contribution is -0.115. The fraction of sp³-hybridized carbons (Fsp3) is 0.406. The van der Waals surface area contributed by atoms with Crippen LogP contribution in [0.25, 0.3) is 10.8 Å². The summed E-state index contributed by atoms with van der Waals surface area (Å²) in [5, 5.41) is 8.62. The Balaban J connectivity index is 1.38. The molecule has 1 saturated heterocycles. The molecule has 0 bridgehead atoms. The van der Waals surface area contributed by atoms with Crippen molar-refractivity contribution >= 4 is 28.7 Å². The minimum Gasteiger partial charge on any atom is -0.497 e. The lowest BCUT2D eigenvalue weighted by Gasteiger charge is -2.39. The van der Waals surface area contributed by atoms with Crippen LogP contribution in [0.5, 0.6) is 23.0 Å². The summed E-state index contributed by atoms with van der Waals surface area (Å²) < 4.78 is 21.9. The predicted octanol–water partition coefficient (Wildman–Crippen LogP) is 4.79. The van der Waals surface area contributed by atoms with Crippen molar-refractivity contribution in [2.45, 2.75) is 38.8 Å². The number of rotatable bonds is 8. The van der Waals surface area contributed by atoms with Crippen LogP contribution in [-0.2, 0) is 4.79 Å². The summed E-state index contributed by atoms with van der Waals surface area (Å²) in [4.78, 5) is 28.0. The minimum atomic E-state index is -0.518. The molecule has 5 rings (SSSR count). The molecular weight excluding hydrogens is 522 g/mol. The molecule has 1 amide bonds. The SMILES string of the molecule is COc1ccc2c(OC)ccc(C(=O)N3CCC(N4N=C(c5ccc(OC)c(OC)c5)C(C)(C)C4C=O)CC3)c2c1. The van der Waals surface area contributed by atoms with Crippen molar-refractivity contribution < 1.29 is 28.5 Å². The zero-order valence-electron chi connectivity index (χ0n) is 24.5. The molecule has 0 aromatic heterocycles. The fourth-order valence-electron chi connectivity index (χ4n) is 6.03. The number of likely N-dealkylation sites (tertiary alicyclic amines) is 1. The average Bonchev–Trinajstić information content (AvgIpc) is 3.29. The summed E-state index contributed by atoms with van der Waals surface area (Å²) in [5.74, 6) is 2.60. The molecule has 1 atom stereocenters. The van der Waals surface area contributed by atoms with E-state index in [0.29, 0.717) is 54.5 Å². The molecule has 0 radical (unpaired) electrons. The van der Waals surface area contributed by atoms with Crippen molar-refractivity contribution in [2.75, 3.05) is 41.5 Å². The summed E-state index contributed by atoms with van der Waals surface area (Å²) >= 11 is 0. The molecule has 2 aliphatic rings. The number of carbonyl (C=O) groups excluding carboxylic acids is 2. The molecule has 9 heteroatoms. The molecular formula is C32H37N3O6. The third-order valence-electron chi connectivity index (χ3n) is 8.40. The Hall–Kier alpha value is -4.27. The Morgan fingerprint density at radius 2 is 1.54 bits per heavy atom. The molecule has 3 aromatic rings. The van der Waals surface area contributed by atoms with E-state index >= 15 is 0 Å². The number of fused-ring (bicyclic) bond motifs is 1. The maximum atomic E-state index is 13.7. The Labute approximate surface area is 240 Å². The van der Waals surface area contributed by atoms with Crippen molar-refractivity contribution in [2.24, 2.45) is 10.5 Å². The number of nitrogens with zero attached hydrogens (tertiary/aromatic N) is 3. The van der Waals surface area contributed by atoms with Gasteiger partial charge in [0.15, 0.2) is 11.5 Å². The number of amides is 1. The Kier molecular flexibility index (Phi) is 7.80. The summed E-state index contributed by atoms with van der Waals surface area (Å²) in [7, 11) is 6.43. The molecule has 0 N–H and O–H groups in total. The Bertz CT molecular complexity index is 1490. The van der Waals surface area contributed by atoms with E-state index in [1.54, 1.807) is 28.4 Å². The molecule has 1 fully saturated rings. The maximum Gasteiger partial charge on any atom is 0.254 e. The molecule has 1 unspecified atom stereocenters. The molecule has 41 heavy (non-hydrogen) atoms. The zero-order chi connectivity index (χ0) is 29.3. The maximum absolute atomic E-state index is 13.7. The van der Waals surface area contributed by atoms with Gasteiger partial charge in [-0.15, -0.1) is 0 Å². The second kappa shape index (κ2) is 11.3. The molecule has 2 aliphatic heterocycles. The van der Waals surface area contributed by atoms with Gasteiger partial charge < -0.3 is 28.6 Å². The average molecular weight is 560 g/mol. The van der Waals surface area contributed by atoms with Gasteiger partial charge in [-0.1, -0.05) is 13.8 Å². The first-order valence-corrected chi connectivity index (χ1v) is 13.8. The second-order valence-corrected chi connectivity index (χ2v) is 11.0. The van der Waals surface area contributed by atoms with Crippen LogP contribution in [0.2, 0.25) is 0 Å². The van der Waals surface area contributed by atoms with Gasteiger partial charge in [-0.25, -0.2) is 0 Å². The minimum absolute atomic E-state index is 0.0267. The summed E-state index contributed by atoms with van der Waals surface area (Å²) in [6.45, 7) is 5.21. The fourth-order valence-corrected chi connectivity index (χ4v) is 6.03. The van der Waals surface area contributed by atoms with E-state index in [1.807, 2.05) is 72.3 Å². The number of hydrogen-bond donors (Lipinski definition) is 0. The van der Waals surface area contributed by atoms with Crippen molar-refractivity contribution in [3.05, 3.63) is 59.7 Å². The lowest BCUT2D eigenvalue weighted by atomic mass is 9.78. The summed E-state index contributed by atoms with van der Waals surface area (Å²) in [6.07, 6.45) is 2.39. The van der Waals surface area contributed by atoms with Gasteiger partial charge in [-0.2, -0.15) is 5.10 Å². The van der Waals surface area contributed by atoms with Crippen LogP contribution >= 0.6 is 0 Å². The van der Waals surface area contributed by atoms with Crippen LogP contribution in [-0.4, -0.2) is 81.4 Å². The van der Waals surface area contributed by atoms with E-state index in [1.165, 1.54) is 0 Å². The molecule has 9 nitrogen and oxygen atoms in total. The molecule has 2 heterocycles. The monoisotopic (exact) mass is 559 g/mol. The number of hydrogen-bond acceptors (Lipinski definition) is 8. The van der Waals surface area contributed by atoms with Crippen LogP contribution in [0.15, 0.2) is 53.6 Å². The number of carbonyl (C=O) groups is 2. The first kappa shape index (κ1) is 28.3. The topological polar surface area (TPSA) is 89.9 Å². The number of piperidine rings is 1. The van der Waals surface area contributed by atoms with E-state index < -0.39 is 11.5 Å². The number of aldehydes is 1. The lowest BCUT2D eigenvalue weighted by Crippen LogP contribution is -2.50. The van der Waals surface area contributed by atoms with E-state index in [0.717, 1.165) is 28.3 Å². The summed E-state index contributed by atoms with van der Waals surface area (Å²) in [5.41, 5.74) is 1.80. The highest BCUT2D eigenvalue weighted by Gasteiger charge is 2.47. The molecule has 0 spiro atoms. The van der Waals surface area contributed by atoms with Gasteiger partial charge in [0.25, 0.3) is 5.91 Å². The van der Waals surface area contributed by atoms with E-state index in [-0.39, 0.29) is 11.9 Å². The quantitative estimate of drug-likeness (QED) is 0.367. The van der Waals surface area contributed by atoms with Crippen molar-refractivity contribution in [1.29, 1.82) is 0 Å². The summed E-state index contributed by atoms with van der Waals surface area (Å²) in [6, 6.07) is 14.6. The first-order valence-electron chi connectivity index (χ1n) is 13.8. The van der Waals surface area contributed by atoms with E-state index in [2.05, 4.69) is 0 Å². The van der Waals surface area contributed by atoms with Gasteiger partial charge >= 0.3 is 0 Å². The largest absolute Gasteiger partial charge is 0.497 e. The van der Waals surface area contributed by atoms with Crippen molar-refractivity contribution in [1.82, 2.24) is 9.91 Å². The molecule has 0 aliphatic carbocycles. The number of ether oxygens (including phenoxy) is 4. The van der Waals surface area contributed by atoms with Gasteiger partial charge in [0.05, 0.1) is 40.2 Å². The predicted molar refractivity (Wildman–Crippen MR) is 158 cm³/mol. The highest BCUT2D eigenvalue weighted by molar-refractivity contribution is 6.09. The van der Waals surface area contributed by atoms with Gasteiger partial charge in [-0.3, -0.25) is 9.80 Å². The van der Waals surface area contributed by atoms with Crippen LogP contribution in [0, 0.1) is 5.41 Å². The third kappa shape index (κ3) is 4.94. The molecule has 3 aromatic carbocycles. The van der Waals surface area contributed by atoms with Gasteiger partial charge in [0, 0.05) is 40.4 Å². The van der Waals surface area contributed by atoms with Crippen LogP contribution < -0.4 is 18.9 Å². The third-order valence-corrected chi connectivity index (χ3v) is 8.40. The first-order chi connectivity index (χ1) is 19.8. The highest BCUT2D eigenvalue weighted by Crippen LogP contribution is 2.41. The molecule has 216 valence electrons. The van der Waals surface area contributed by atoms with Gasteiger partial charge in [-0.05, 0) is 61.4 Å². The van der Waals surface area contributed by atoms with Gasteiger partial charge in [0.1, 0.15) is 23.8 Å². The number of benzene rings is 3. The van der Waals surface area contributed by atoms with E-state index in [4.69, 9.17) is 24.0 Å². The smallest absolute Gasteiger partial charge is 0.254 e. The zero-order valence-corrected chi connectivity index (χ0v) is 24.5. The van der Waals surface area contributed by atoms with Crippen molar-refractivity contribution in [3.8, 4) is 23.0 Å². The number of methoxy groups -OCH3 is 4. The standard InChI is InChI=1S/C32H37N3O6/c1-32(2)29(19-36)35(33-30(32)20-7-11-27(40-5)28(17-20)41-6)21-13-15-34(16-14-21)31(37)24-10-12-26(39-4)23-9-8-22(38-3)18-25(23)24/h7-12,17-19,21,29H,13-16H2,1-6H3. The highest BCUT2D eigenvalue weighted by atomic mass is 16.5. The van der Waals surface area contributed by atoms with Crippen LogP contribution in [0.3, 0.4) is 0 Å². The van der Waals surface area contributed by atoms with Gasteiger partial charge in [0.2, 0.25) is 0 Å². The van der Waals surface area contributed by atoms with Crippen molar-refractivity contribution in [3.63, 3.8) is 0 Å². The van der Waals surface area contributed by atoms with Crippen LogP contribution in [0.1, 0.15) is 42.6 Å². The molecule has 0 saturated carbocycles. The second-order valence-electron chi connectivity index (χ2n) is 11.0. The van der Waals surface area contributed by atoms with E-state index in [9.17, 15) is 9.59 Å².